The molecule has 0 aromatic heterocycles. The molecule has 0 N–H and O–H groups in total. The number of hydrogen-bond acceptors (Lipinski definition) is 0. The van der Waals surface area contributed by atoms with Crippen LogP contribution in [0.2, 0.25) is 0 Å². The zero-order valence-corrected chi connectivity index (χ0v) is 37.7. The standard InChI is InChI=1S/C29H37.C15H14.C6H7.2ClH.Zr/c1-21-14-13-15-22-20-27(6)25(4)18-10-9-16-23(25,2)24(3)17-11-12-19-26(24,5)29(27,8)28(21,22)7;1-12-3-7-14(8-4-12)11-15-9-5-13(2)6-10-15;1-6-4-2-3-5-6;;;/h9-20,22H,1-8H3;3-10H,1-2H3;2,4H,3H2,1H3;2*1H;/q-1;;-1;;;+2/p-2. The summed E-state index contributed by atoms with van der Waals surface area (Å²) in [6.07, 6.45) is 37.6. The van der Waals surface area contributed by atoms with Crippen LogP contribution in [0, 0.1) is 70.2 Å². The van der Waals surface area contributed by atoms with Gasteiger partial charge >= 0.3 is 112 Å². The summed E-state index contributed by atoms with van der Waals surface area (Å²) in [5.74, 6) is 0.460. The fourth-order valence-corrected chi connectivity index (χ4v) is 12.2. The molecule has 0 bridgehead atoms. The van der Waals surface area contributed by atoms with Crippen molar-refractivity contribution in [1.82, 2.24) is 0 Å². The van der Waals surface area contributed by atoms with Gasteiger partial charge in [0.25, 0.3) is 0 Å². The molecular weight excluding hydrogens is 763 g/mol. The summed E-state index contributed by atoms with van der Waals surface area (Å²) in [5.41, 5.74) is 8.32. The van der Waals surface area contributed by atoms with Crippen molar-refractivity contribution in [2.24, 2.45) is 43.8 Å². The van der Waals surface area contributed by atoms with Crippen LogP contribution in [0.3, 0.4) is 0 Å². The molecule has 0 saturated heterocycles. The molecule has 8 atom stereocenters. The van der Waals surface area contributed by atoms with E-state index in [9.17, 15) is 0 Å². The molecule has 278 valence electrons. The summed E-state index contributed by atoms with van der Waals surface area (Å²) >= 11 is 1.46. The Hall–Kier alpha value is -2.31. The number of rotatable bonds is 2. The van der Waals surface area contributed by atoms with Crippen molar-refractivity contribution in [2.45, 2.75) is 82.6 Å². The molecule has 6 aliphatic rings. The topological polar surface area (TPSA) is 0 Å². The molecule has 0 spiro atoms. The van der Waals surface area contributed by atoms with E-state index in [2.05, 4.69) is 216 Å². The third-order valence-corrected chi connectivity index (χ3v) is 17.0. The maximum atomic E-state index is 3.12. The molecule has 8 rings (SSSR count). The van der Waals surface area contributed by atoms with Crippen LogP contribution in [0.4, 0.5) is 0 Å². The molecule has 2 aromatic carbocycles. The zero-order valence-electron chi connectivity index (χ0n) is 33.7. The van der Waals surface area contributed by atoms with E-state index in [1.54, 1.807) is 0 Å². The third kappa shape index (κ3) is 6.05. The molecule has 0 radical (unpaired) electrons. The van der Waals surface area contributed by atoms with Gasteiger partial charge in [0, 0.05) is 10.8 Å². The van der Waals surface area contributed by atoms with E-state index < -0.39 is 0 Å². The second-order valence-corrected chi connectivity index (χ2v) is 18.5. The van der Waals surface area contributed by atoms with E-state index in [0.717, 1.165) is 6.42 Å². The quantitative estimate of drug-likeness (QED) is 0.294. The normalized spacial score (nSPS) is 37.5. The molecule has 2 aromatic rings. The SMILES string of the molecule is CC1=CC=CC2[CH-]C3(C)C4(C)C=CC=CC4(C)C4(C)C=CC=CC4(C)C3(C)C12C.CC1=[C-]CC=C1.Cc1ccc([C](=[Zr+2])c2ccc(C)cc2)cc1.[Cl-].[Cl-]. The Balaban J connectivity index is 0.000000220. The molecule has 0 amide bonds. The smallest absolute Gasteiger partial charge is 1.00 e. The second-order valence-electron chi connectivity index (χ2n) is 17.3. The first-order chi connectivity index (χ1) is 24.0. The van der Waals surface area contributed by atoms with Crippen LogP contribution in [0.1, 0.15) is 91.0 Å². The van der Waals surface area contributed by atoms with Gasteiger partial charge in [-0.2, -0.15) is 6.08 Å². The molecular formula is C50H58Cl2Zr-2. The molecule has 0 aliphatic heterocycles. The van der Waals surface area contributed by atoms with Gasteiger partial charge in [-0.1, -0.05) is 122 Å². The number of hydrogen-bond donors (Lipinski definition) is 0. The number of aryl methyl sites for hydroxylation is 2. The minimum atomic E-state index is 0. The second kappa shape index (κ2) is 15.3. The summed E-state index contributed by atoms with van der Waals surface area (Å²) in [7, 11) is 0. The summed E-state index contributed by atoms with van der Waals surface area (Å²) < 4.78 is 1.42. The molecule has 2 saturated carbocycles. The maximum Gasteiger partial charge on any atom is -1.00 e. The van der Waals surface area contributed by atoms with Crippen molar-refractivity contribution in [3.05, 3.63) is 173 Å². The Morgan fingerprint density at radius 1 is 0.642 bits per heavy atom. The van der Waals surface area contributed by atoms with Gasteiger partial charge in [-0.05, 0) is 28.6 Å². The van der Waals surface area contributed by atoms with Gasteiger partial charge in [0.15, 0.2) is 0 Å². The fourth-order valence-electron chi connectivity index (χ4n) is 11.4. The van der Waals surface area contributed by atoms with Gasteiger partial charge in [-0.3, -0.25) is 6.08 Å². The summed E-state index contributed by atoms with van der Waals surface area (Å²) in [6.45, 7) is 26.6. The van der Waals surface area contributed by atoms with Crippen LogP contribution in [0.15, 0.2) is 139 Å². The summed E-state index contributed by atoms with van der Waals surface area (Å²) in [6, 6.07) is 17.5. The summed E-state index contributed by atoms with van der Waals surface area (Å²) in [4.78, 5) is 0. The Bertz CT molecular complexity index is 1900. The Morgan fingerprint density at radius 3 is 1.53 bits per heavy atom. The average Bonchev–Trinajstić information content (AvgIpc) is 3.67. The van der Waals surface area contributed by atoms with E-state index in [1.165, 1.54) is 60.8 Å². The van der Waals surface area contributed by atoms with Gasteiger partial charge in [-0.25, -0.2) is 11.6 Å². The van der Waals surface area contributed by atoms with Crippen LogP contribution in [0.5, 0.6) is 0 Å². The van der Waals surface area contributed by atoms with E-state index >= 15 is 0 Å². The van der Waals surface area contributed by atoms with Crippen molar-refractivity contribution in [3.63, 3.8) is 0 Å². The van der Waals surface area contributed by atoms with E-state index in [4.69, 9.17) is 0 Å². The fraction of sp³-hybridized carbons (Fsp3) is 0.400. The number of allylic oxidation sites excluding steroid dienone is 16. The Labute approximate surface area is 349 Å². The molecule has 2 fully saturated rings. The van der Waals surface area contributed by atoms with Crippen molar-refractivity contribution in [3.8, 4) is 0 Å². The van der Waals surface area contributed by atoms with Crippen molar-refractivity contribution in [1.29, 1.82) is 0 Å². The third-order valence-electron chi connectivity index (χ3n) is 15.6. The minimum absolute atomic E-state index is 0. The van der Waals surface area contributed by atoms with Crippen LogP contribution in [0.25, 0.3) is 0 Å². The first kappa shape index (κ1) is 43.4. The Morgan fingerprint density at radius 2 is 1.09 bits per heavy atom. The number of benzene rings is 2. The molecule has 0 nitrogen and oxygen atoms in total. The predicted molar refractivity (Wildman–Crippen MR) is 216 cm³/mol. The van der Waals surface area contributed by atoms with Crippen LogP contribution < -0.4 is 24.8 Å². The monoisotopic (exact) mass is 818 g/mol. The maximum absolute atomic E-state index is 3.12. The molecule has 3 heteroatoms. The Kier molecular flexibility index (Phi) is 12.6. The average molecular weight is 821 g/mol. The van der Waals surface area contributed by atoms with Crippen LogP contribution in [-0.4, -0.2) is 3.21 Å². The zero-order chi connectivity index (χ0) is 37.1. The molecule has 6 aliphatic carbocycles. The van der Waals surface area contributed by atoms with Gasteiger partial charge in [-0.15, -0.1) is 23.8 Å². The molecule has 8 unspecified atom stereocenters. The van der Waals surface area contributed by atoms with Gasteiger partial charge in [0.1, 0.15) is 0 Å². The molecule has 53 heavy (non-hydrogen) atoms. The largest absolute Gasteiger partial charge is 1.00 e. The molecule has 0 heterocycles. The van der Waals surface area contributed by atoms with Gasteiger partial charge < -0.3 is 31.2 Å². The number of fused-ring (bicyclic) bond motifs is 8. The van der Waals surface area contributed by atoms with Crippen LogP contribution in [-0.2, 0) is 24.2 Å². The number of halogens is 2. The summed E-state index contributed by atoms with van der Waals surface area (Å²) in [5, 5.41) is 0. The van der Waals surface area contributed by atoms with Crippen LogP contribution >= 0.6 is 0 Å². The van der Waals surface area contributed by atoms with Gasteiger partial charge in [0.2, 0.25) is 0 Å². The predicted octanol–water partition coefficient (Wildman–Crippen LogP) is 6.77. The van der Waals surface area contributed by atoms with E-state index in [1.807, 2.05) is 0 Å². The van der Waals surface area contributed by atoms with E-state index in [-0.39, 0.29) is 62.7 Å². The van der Waals surface area contributed by atoms with Gasteiger partial charge in [0.05, 0.1) is 0 Å². The minimum Gasteiger partial charge on any atom is -1.00 e. The first-order valence-corrected chi connectivity index (χ1v) is 20.1. The van der Waals surface area contributed by atoms with E-state index in [0.29, 0.717) is 5.92 Å². The van der Waals surface area contributed by atoms with Crippen molar-refractivity contribution >= 4 is 3.21 Å². The first-order valence-electron chi connectivity index (χ1n) is 18.9. The van der Waals surface area contributed by atoms with Crippen molar-refractivity contribution in [2.75, 3.05) is 0 Å². The van der Waals surface area contributed by atoms with Crippen molar-refractivity contribution < 1.29 is 49.0 Å².